The first kappa shape index (κ1) is 15.1. The van der Waals surface area contributed by atoms with Crippen LogP contribution in [0.1, 0.15) is 30.9 Å². The molecule has 2 unspecified atom stereocenters. The number of aliphatic hydroxyl groups excluding tert-OH is 1. The van der Waals surface area contributed by atoms with Gasteiger partial charge in [-0.2, -0.15) is 0 Å². The largest absolute Gasteiger partial charge is 0.388 e. The van der Waals surface area contributed by atoms with E-state index in [1.165, 1.54) is 6.33 Å². The SMILES string of the molecule is Nc1ncnc(N2CCCC2CC(O)c2ccccc2)c1Cl. The number of anilines is 2. The lowest BCUT2D eigenvalue weighted by atomic mass is 10.0. The number of rotatable bonds is 4. The second kappa shape index (κ2) is 6.50. The van der Waals surface area contributed by atoms with Gasteiger partial charge in [0.1, 0.15) is 17.2 Å². The summed E-state index contributed by atoms with van der Waals surface area (Å²) < 4.78 is 0. The maximum atomic E-state index is 10.5. The molecule has 3 N–H and O–H groups in total. The summed E-state index contributed by atoms with van der Waals surface area (Å²) in [5.74, 6) is 0.956. The minimum Gasteiger partial charge on any atom is -0.388 e. The van der Waals surface area contributed by atoms with Crippen molar-refractivity contribution >= 4 is 23.2 Å². The fraction of sp³-hybridized carbons (Fsp3) is 0.375. The fourth-order valence-electron chi connectivity index (χ4n) is 3.00. The number of benzene rings is 1. The number of hydrogen-bond donors (Lipinski definition) is 2. The van der Waals surface area contributed by atoms with Gasteiger partial charge in [0.05, 0.1) is 6.10 Å². The van der Waals surface area contributed by atoms with Crippen molar-refractivity contribution in [3.05, 3.63) is 47.2 Å². The van der Waals surface area contributed by atoms with Crippen LogP contribution in [-0.4, -0.2) is 27.7 Å². The number of hydrogen-bond acceptors (Lipinski definition) is 5. The normalized spacial score (nSPS) is 19.4. The highest BCUT2D eigenvalue weighted by molar-refractivity contribution is 6.35. The van der Waals surface area contributed by atoms with Crippen molar-refractivity contribution in [1.29, 1.82) is 0 Å². The van der Waals surface area contributed by atoms with Crippen molar-refractivity contribution in [2.75, 3.05) is 17.2 Å². The molecule has 2 atom stereocenters. The van der Waals surface area contributed by atoms with E-state index < -0.39 is 6.10 Å². The van der Waals surface area contributed by atoms with E-state index in [-0.39, 0.29) is 6.04 Å². The average molecular weight is 319 g/mol. The minimum absolute atomic E-state index is 0.196. The predicted molar refractivity (Wildman–Crippen MR) is 87.8 cm³/mol. The molecule has 5 nitrogen and oxygen atoms in total. The van der Waals surface area contributed by atoms with Crippen LogP contribution in [0.4, 0.5) is 11.6 Å². The third-order valence-electron chi connectivity index (χ3n) is 4.13. The van der Waals surface area contributed by atoms with Crippen molar-refractivity contribution in [3.63, 3.8) is 0 Å². The number of aromatic nitrogens is 2. The summed E-state index contributed by atoms with van der Waals surface area (Å²) >= 11 is 6.24. The Balaban J connectivity index is 1.77. The molecule has 2 aromatic rings. The molecule has 2 heterocycles. The quantitative estimate of drug-likeness (QED) is 0.906. The first-order valence-corrected chi connectivity index (χ1v) is 7.80. The van der Waals surface area contributed by atoms with Gasteiger partial charge >= 0.3 is 0 Å². The van der Waals surface area contributed by atoms with Gasteiger partial charge in [-0.1, -0.05) is 41.9 Å². The highest BCUT2D eigenvalue weighted by Gasteiger charge is 2.30. The zero-order chi connectivity index (χ0) is 15.5. The van der Waals surface area contributed by atoms with Crippen LogP contribution in [0.2, 0.25) is 5.02 Å². The van der Waals surface area contributed by atoms with Gasteiger partial charge in [-0.15, -0.1) is 0 Å². The zero-order valence-electron chi connectivity index (χ0n) is 12.2. The van der Waals surface area contributed by atoms with Crippen LogP contribution in [0.25, 0.3) is 0 Å². The standard InChI is InChI=1S/C16H19ClN4O/c17-14-15(18)19-10-20-16(14)21-8-4-7-12(21)9-13(22)11-5-2-1-3-6-11/h1-3,5-6,10,12-13,22H,4,7-9H2,(H2,18,19,20). The van der Waals surface area contributed by atoms with E-state index in [0.29, 0.717) is 23.1 Å². The van der Waals surface area contributed by atoms with Crippen LogP contribution in [0.15, 0.2) is 36.7 Å². The third-order valence-corrected chi connectivity index (χ3v) is 4.49. The molecule has 0 aliphatic carbocycles. The molecule has 0 amide bonds. The Morgan fingerprint density at radius 2 is 2.09 bits per heavy atom. The van der Waals surface area contributed by atoms with Gasteiger partial charge in [-0.3, -0.25) is 0 Å². The smallest absolute Gasteiger partial charge is 0.153 e. The molecule has 22 heavy (non-hydrogen) atoms. The minimum atomic E-state index is -0.496. The molecule has 1 aliphatic rings. The molecule has 0 bridgehead atoms. The summed E-state index contributed by atoms with van der Waals surface area (Å²) in [4.78, 5) is 10.3. The Morgan fingerprint density at radius 3 is 2.86 bits per heavy atom. The lowest BCUT2D eigenvalue weighted by molar-refractivity contribution is 0.158. The second-order valence-electron chi connectivity index (χ2n) is 5.55. The van der Waals surface area contributed by atoms with Crippen LogP contribution >= 0.6 is 11.6 Å². The molecular weight excluding hydrogens is 300 g/mol. The topological polar surface area (TPSA) is 75.3 Å². The Morgan fingerprint density at radius 1 is 1.32 bits per heavy atom. The molecule has 1 saturated heterocycles. The summed E-state index contributed by atoms with van der Waals surface area (Å²) in [7, 11) is 0. The molecule has 6 heteroatoms. The number of nitrogens with zero attached hydrogens (tertiary/aromatic N) is 3. The van der Waals surface area contributed by atoms with E-state index in [0.717, 1.165) is 24.9 Å². The van der Waals surface area contributed by atoms with Crippen LogP contribution in [-0.2, 0) is 0 Å². The highest BCUT2D eigenvalue weighted by atomic mass is 35.5. The molecule has 0 saturated carbocycles. The van der Waals surface area contributed by atoms with Crippen LogP contribution in [0, 0.1) is 0 Å². The van der Waals surface area contributed by atoms with Crippen LogP contribution in [0.3, 0.4) is 0 Å². The van der Waals surface area contributed by atoms with E-state index in [2.05, 4.69) is 14.9 Å². The van der Waals surface area contributed by atoms with Crippen LogP contribution < -0.4 is 10.6 Å². The van der Waals surface area contributed by atoms with E-state index in [9.17, 15) is 5.11 Å². The van der Waals surface area contributed by atoms with Crippen molar-refractivity contribution in [3.8, 4) is 0 Å². The Hall–Kier alpha value is -1.85. The molecule has 116 valence electrons. The monoisotopic (exact) mass is 318 g/mol. The summed E-state index contributed by atoms with van der Waals surface area (Å²) in [6.07, 6.45) is 3.63. The zero-order valence-corrected chi connectivity index (χ0v) is 12.9. The lowest BCUT2D eigenvalue weighted by Crippen LogP contribution is -2.32. The number of halogens is 1. The number of aliphatic hydroxyl groups is 1. The van der Waals surface area contributed by atoms with Gasteiger partial charge in [-0.05, 0) is 24.8 Å². The van der Waals surface area contributed by atoms with Gasteiger partial charge in [0, 0.05) is 12.6 Å². The van der Waals surface area contributed by atoms with Crippen LogP contribution in [0.5, 0.6) is 0 Å². The van der Waals surface area contributed by atoms with Gasteiger partial charge in [0.15, 0.2) is 5.82 Å². The predicted octanol–water partition coefficient (Wildman–Crippen LogP) is 2.80. The van der Waals surface area contributed by atoms with E-state index in [4.69, 9.17) is 17.3 Å². The molecule has 1 aliphatic heterocycles. The maximum Gasteiger partial charge on any atom is 0.153 e. The second-order valence-corrected chi connectivity index (χ2v) is 5.93. The Bertz CT molecular complexity index is 637. The maximum absolute atomic E-state index is 10.5. The fourth-order valence-corrected chi connectivity index (χ4v) is 3.21. The molecule has 0 radical (unpaired) electrons. The van der Waals surface area contributed by atoms with Crippen molar-refractivity contribution in [2.45, 2.75) is 31.4 Å². The van der Waals surface area contributed by atoms with Crippen molar-refractivity contribution in [2.24, 2.45) is 0 Å². The van der Waals surface area contributed by atoms with Gasteiger partial charge in [0.2, 0.25) is 0 Å². The molecule has 0 spiro atoms. The summed E-state index contributed by atoms with van der Waals surface area (Å²) in [6.45, 7) is 0.863. The van der Waals surface area contributed by atoms with Gasteiger partial charge in [0.25, 0.3) is 0 Å². The van der Waals surface area contributed by atoms with Crippen molar-refractivity contribution in [1.82, 2.24) is 9.97 Å². The molecule has 1 fully saturated rings. The molecule has 1 aromatic carbocycles. The number of nitrogens with two attached hydrogens (primary N) is 1. The van der Waals surface area contributed by atoms with E-state index in [1.807, 2.05) is 30.3 Å². The Kier molecular flexibility index (Phi) is 4.45. The first-order valence-electron chi connectivity index (χ1n) is 7.42. The lowest BCUT2D eigenvalue weighted by Gasteiger charge is -2.28. The molecular formula is C16H19ClN4O. The number of nitrogen functional groups attached to an aromatic ring is 1. The van der Waals surface area contributed by atoms with Gasteiger partial charge < -0.3 is 15.7 Å². The van der Waals surface area contributed by atoms with Gasteiger partial charge in [-0.25, -0.2) is 9.97 Å². The van der Waals surface area contributed by atoms with Crippen molar-refractivity contribution < 1.29 is 5.11 Å². The average Bonchev–Trinajstić information content (AvgIpc) is 2.99. The van der Waals surface area contributed by atoms with E-state index >= 15 is 0 Å². The third kappa shape index (κ3) is 3.00. The summed E-state index contributed by atoms with van der Waals surface area (Å²) in [5.41, 5.74) is 6.70. The highest BCUT2D eigenvalue weighted by Crippen LogP contribution is 2.35. The summed E-state index contributed by atoms with van der Waals surface area (Å²) in [5, 5.41) is 10.8. The first-order chi connectivity index (χ1) is 10.7. The Labute approximate surface area is 134 Å². The summed E-state index contributed by atoms with van der Waals surface area (Å²) in [6, 6.07) is 9.91. The van der Waals surface area contributed by atoms with E-state index in [1.54, 1.807) is 0 Å². The molecule has 1 aromatic heterocycles. The molecule has 3 rings (SSSR count).